The maximum Gasteiger partial charge on any atom is 0.306 e. The van der Waals surface area contributed by atoms with Crippen LogP contribution in [-0.4, -0.2) is 30.0 Å². The van der Waals surface area contributed by atoms with E-state index >= 15 is 0 Å². The fourth-order valence-corrected chi connectivity index (χ4v) is 2.85. The molecule has 1 rings (SSSR count). The van der Waals surface area contributed by atoms with Gasteiger partial charge in [-0.3, -0.25) is 9.59 Å². The molecule has 1 aromatic carbocycles. The molecule has 0 heterocycles. The molecule has 5 nitrogen and oxygen atoms in total. The van der Waals surface area contributed by atoms with Gasteiger partial charge in [0.25, 0.3) is 0 Å². The van der Waals surface area contributed by atoms with Gasteiger partial charge in [0.1, 0.15) is 0 Å². The van der Waals surface area contributed by atoms with Crippen molar-refractivity contribution in [3.63, 3.8) is 0 Å². The third-order valence-corrected chi connectivity index (χ3v) is 4.27. The van der Waals surface area contributed by atoms with Gasteiger partial charge in [-0.05, 0) is 19.1 Å². The molecule has 0 bridgehead atoms. The number of carbonyl (C=O) groups excluding carboxylic acids is 2. The lowest BCUT2D eigenvalue weighted by atomic mass is 10.2. The first-order valence-electron chi connectivity index (χ1n) is 6.09. The van der Waals surface area contributed by atoms with Gasteiger partial charge in [0.15, 0.2) is 0 Å². The molecule has 1 unspecified atom stereocenters. The molecule has 8 heteroatoms. The molecule has 0 saturated heterocycles. The number of ether oxygens (including phenoxy) is 1. The summed E-state index contributed by atoms with van der Waals surface area (Å²) < 4.78 is 4.53. The van der Waals surface area contributed by atoms with Crippen molar-refractivity contribution in [1.82, 2.24) is 0 Å². The largest absolute Gasteiger partial charge is 0.469 e. The Morgan fingerprint density at radius 2 is 2.10 bits per heavy atom. The van der Waals surface area contributed by atoms with Gasteiger partial charge < -0.3 is 15.8 Å². The summed E-state index contributed by atoms with van der Waals surface area (Å²) in [5.74, 6) is -0.0636. The standard InChI is InChI=1S/C13H16Cl2N2O3S/c1-7(21-4-3-11(18)20-2)13(19)17-12-9(15)5-8(14)6-10(12)16/h5-7H,3-4,16H2,1-2H3,(H,17,19). The monoisotopic (exact) mass is 350 g/mol. The number of nitrogen functional groups attached to an aromatic ring is 1. The summed E-state index contributed by atoms with van der Waals surface area (Å²) in [5.41, 5.74) is 6.41. The van der Waals surface area contributed by atoms with Gasteiger partial charge in [-0.2, -0.15) is 0 Å². The fraction of sp³-hybridized carbons (Fsp3) is 0.385. The first-order valence-corrected chi connectivity index (χ1v) is 7.89. The number of nitrogens with two attached hydrogens (primary N) is 1. The Morgan fingerprint density at radius 3 is 2.67 bits per heavy atom. The summed E-state index contributed by atoms with van der Waals surface area (Å²) in [6, 6.07) is 3.02. The number of anilines is 2. The van der Waals surface area contributed by atoms with E-state index in [-0.39, 0.29) is 28.6 Å². The normalized spacial score (nSPS) is 11.8. The Morgan fingerprint density at radius 1 is 1.43 bits per heavy atom. The number of methoxy groups -OCH3 is 1. The van der Waals surface area contributed by atoms with Crippen molar-refractivity contribution < 1.29 is 14.3 Å². The number of halogens is 2. The Hall–Kier alpha value is -1.11. The predicted octanol–water partition coefficient (Wildman–Crippen LogP) is 3.20. The number of rotatable bonds is 6. The van der Waals surface area contributed by atoms with Crippen LogP contribution in [0.2, 0.25) is 10.0 Å². The van der Waals surface area contributed by atoms with Crippen LogP contribution in [0.1, 0.15) is 13.3 Å². The Kier molecular flexibility index (Phi) is 7.14. The molecule has 1 aromatic rings. The second-order valence-corrected chi connectivity index (χ2v) is 6.47. The molecule has 116 valence electrons. The highest BCUT2D eigenvalue weighted by atomic mass is 35.5. The zero-order chi connectivity index (χ0) is 16.0. The molecule has 3 N–H and O–H groups in total. The third kappa shape index (κ3) is 5.65. The van der Waals surface area contributed by atoms with Crippen molar-refractivity contribution in [1.29, 1.82) is 0 Å². The number of amides is 1. The highest BCUT2D eigenvalue weighted by Gasteiger charge is 2.17. The van der Waals surface area contributed by atoms with Crippen LogP contribution in [0, 0.1) is 0 Å². The topological polar surface area (TPSA) is 81.4 Å². The first kappa shape index (κ1) is 17.9. The average Bonchev–Trinajstić information content (AvgIpc) is 2.41. The number of esters is 1. The molecule has 0 aliphatic rings. The minimum atomic E-state index is -0.360. The molecule has 0 aromatic heterocycles. The van der Waals surface area contributed by atoms with Crippen molar-refractivity contribution in [3.8, 4) is 0 Å². The van der Waals surface area contributed by atoms with E-state index in [2.05, 4.69) is 10.1 Å². The van der Waals surface area contributed by atoms with E-state index in [4.69, 9.17) is 28.9 Å². The molecule has 0 radical (unpaired) electrons. The lowest BCUT2D eigenvalue weighted by molar-refractivity contribution is -0.140. The number of hydrogen-bond donors (Lipinski definition) is 2. The zero-order valence-electron chi connectivity index (χ0n) is 11.6. The van der Waals surface area contributed by atoms with Crippen LogP contribution >= 0.6 is 35.0 Å². The summed E-state index contributed by atoms with van der Waals surface area (Å²) in [5, 5.41) is 2.98. The van der Waals surface area contributed by atoms with E-state index in [0.29, 0.717) is 22.2 Å². The number of benzene rings is 1. The zero-order valence-corrected chi connectivity index (χ0v) is 13.9. The van der Waals surface area contributed by atoms with Crippen LogP contribution in [0.4, 0.5) is 11.4 Å². The SMILES string of the molecule is COC(=O)CCSC(C)C(=O)Nc1c(N)cc(Cl)cc1Cl. The Balaban J connectivity index is 2.59. The molecule has 0 saturated carbocycles. The lowest BCUT2D eigenvalue weighted by Crippen LogP contribution is -2.23. The molecule has 0 spiro atoms. The van der Waals surface area contributed by atoms with E-state index < -0.39 is 0 Å². The van der Waals surface area contributed by atoms with Crippen LogP contribution < -0.4 is 11.1 Å². The number of hydrogen-bond acceptors (Lipinski definition) is 5. The van der Waals surface area contributed by atoms with Gasteiger partial charge in [0.2, 0.25) is 5.91 Å². The summed E-state index contributed by atoms with van der Waals surface area (Å²) in [4.78, 5) is 23.0. The van der Waals surface area contributed by atoms with Gasteiger partial charge >= 0.3 is 5.97 Å². The predicted molar refractivity (Wildman–Crippen MR) is 88.1 cm³/mol. The highest BCUT2D eigenvalue weighted by Crippen LogP contribution is 2.32. The van der Waals surface area contributed by atoms with E-state index in [1.54, 1.807) is 6.92 Å². The van der Waals surface area contributed by atoms with Crippen LogP contribution in [0.25, 0.3) is 0 Å². The van der Waals surface area contributed by atoms with Gasteiger partial charge in [-0.15, -0.1) is 11.8 Å². The van der Waals surface area contributed by atoms with Gasteiger partial charge in [-0.25, -0.2) is 0 Å². The van der Waals surface area contributed by atoms with E-state index in [1.807, 2.05) is 0 Å². The minimum Gasteiger partial charge on any atom is -0.469 e. The number of nitrogens with one attached hydrogen (secondary N) is 1. The molecule has 1 atom stereocenters. The van der Waals surface area contributed by atoms with Crippen molar-refractivity contribution in [2.45, 2.75) is 18.6 Å². The second kappa shape index (κ2) is 8.36. The van der Waals surface area contributed by atoms with Gasteiger partial charge in [-0.1, -0.05) is 23.2 Å². The number of carbonyl (C=O) groups is 2. The lowest BCUT2D eigenvalue weighted by Gasteiger charge is -2.14. The molecule has 0 aliphatic carbocycles. The van der Waals surface area contributed by atoms with E-state index in [9.17, 15) is 9.59 Å². The first-order chi connectivity index (χ1) is 9.85. The Labute approximate surface area is 137 Å². The molecule has 1 amide bonds. The second-order valence-electron chi connectivity index (χ2n) is 4.18. The molecular formula is C13H16Cl2N2O3S. The van der Waals surface area contributed by atoms with Gasteiger partial charge in [0.05, 0.1) is 35.2 Å². The summed E-state index contributed by atoms with van der Waals surface area (Å²) in [6.07, 6.45) is 0.253. The minimum absolute atomic E-state index is 0.249. The summed E-state index contributed by atoms with van der Waals surface area (Å²) in [6.45, 7) is 1.73. The molecular weight excluding hydrogens is 335 g/mol. The fourth-order valence-electron chi connectivity index (χ4n) is 1.45. The van der Waals surface area contributed by atoms with Crippen molar-refractivity contribution in [2.75, 3.05) is 23.9 Å². The molecule has 21 heavy (non-hydrogen) atoms. The smallest absolute Gasteiger partial charge is 0.306 e. The van der Waals surface area contributed by atoms with Gasteiger partial charge in [0, 0.05) is 10.8 Å². The van der Waals surface area contributed by atoms with Crippen LogP contribution in [0.5, 0.6) is 0 Å². The van der Waals surface area contributed by atoms with Crippen LogP contribution in [0.15, 0.2) is 12.1 Å². The third-order valence-electron chi connectivity index (χ3n) is 2.60. The molecule has 0 aliphatic heterocycles. The highest BCUT2D eigenvalue weighted by molar-refractivity contribution is 8.00. The Bertz CT molecular complexity index is 517. The summed E-state index contributed by atoms with van der Waals surface area (Å²) >= 11 is 13.1. The van der Waals surface area contributed by atoms with E-state index in [1.165, 1.54) is 31.0 Å². The van der Waals surface area contributed by atoms with E-state index in [0.717, 1.165) is 0 Å². The van der Waals surface area contributed by atoms with Crippen molar-refractivity contribution in [3.05, 3.63) is 22.2 Å². The van der Waals surface area contributed by atoms with Crippen molar-refractivity contribution in [2.24, 2.45) is 0 Å². The average molecular weight is 351 g/mol. The number of thioether (sulfide) groups is 1. The quantitative estimate of drug-likeness (QED) is 0.608. The van der Waals surface area contributed by atoms with Crippen LogP contribution in [-0.2, 0) is 14.3 Å². The molecule has 0 fully saturated rings. The summed E-state index contributed by atoms with van der Waals surface area (Å²) in [7, 11) is 1.33. The van der Waals surface area contributed by atoms with Crippen LogP contribution in [0.3, 0.4) is 0 Å². The maximum atomic E-state index is 12.1. The van der Waals surface area contributed by atoms with Crippen molar-refractivity contribution >= 4 is 58.2 Å². The maximum absolute atomic E-state index is 12.1.